The molecule has 0 fully saturated rings. The van der Waals surface area contributed by atoms with E-state index in [2.05, 4.69) is 12.2 Å². The van der Waals surface area contributed by atoms with Crippen LogP contribution in [0.4, 0.5) is 0 Å². The van der Waals surface area contributed by atoms with Crippen LogP contribution in [0.5, 0.6) is 5.75 Å². The Kier molecular flexibility index (Phi) is 5.82. The van der Waals surface area contributed by atoms with E-state index in [1.165, 1.54) is 6.26 Å². The van der Waals surface area contributed by atoms with Crippen molar-refractivity contribution < 1.29 is 13.2 Å². The summed E-state index contributed by atoms with van der Waals surface area (Å²) in [5.41, 5.74) is 0.948. The molecule has 0 radical (unpaired) electrons. The van der Waals surface area contributed by atoms with Crippen LogP contribution in [-0.4, -0.2) is 33.6 Å². The summed E-state index contributed by atoms with van der Waals surface area (Å²) < 4.78 is 28.8. The van der Waals surface area contributed by atoms with Crippen molar-refractivity contribution in [3.05, 3.63) is 29.8 Å². The number of sulfone groups is 1. The second kappa shape index (κ2) is 6.91. The van der Waals surface area contributed by atoms with Gasteiger partial charge < -0.3 is 10.1 Å². The molecule has 4 nitrogen and oxygen atoms in total. The summed E-state index contributed by atoms with van der Waals surface area (Å²) in [5.74, 6) is 0.812. The first-order chi connectivity index (χ1) is 8.90. The summed E-state index contributed by atoms with van der Waals surface area (Å²) in [6.07, 6.45) is 2.23. The van der Waals surface area contributed by atoms with E-state index in [1.54, 1.807) is 14.0 Å². The van der Waals surface area contributed by atoms with E-state index >= 15 is 0 Å². The van der Waals surface area contributed by atoms with Gasteiger partial charge in [0.05, 0.1) is 11.9 Å². The normalized spacial score (nSPS) is 14.9. The molecule has 0 saturated carbocycles. The third kappa shape index (κ3) is 4.51. The van der Waals surface area contributed by atoms with Gasteiger partial charge in [0.25, 0.3) is 0 Å². The first-order valence-electron chi connectivity index (χ1n) is 6.49. The SMILES string of the molecule is CCCOc1ccc(C(NC)C(C)S(C)(=O)=O)cc1. The van der Waals surface area contributed by atoms with Crippen molar-refractivity contribution in [2.24, 2.45) is 0 Å². The molecule has 19 heavy (non-hydrogen) atoms. The van der Waals surface area contributed by atoms with Crippen LogP contribution in [0, 0.1) is 0 Å². The molecule has 1 rings (SSSR count). The van der Waals surface area contributed by atoms with Gasteiger partial charge in [0.2, 0.25) is 0 Å². The van der Waals surface area contributed by atoms with Crippen molar-refractivity contribution in [3.63, 3.8) is 0 Å². The van der Waals surface area contributed by atoms with Crippen molar-refractivity contribution in [3.8, 4) is 5.75 Å². The van der Waals surface area contributed by atoms with Crippen LogP contribution in [0.15, 0.2) is 24.3 Å². The third-order valence-corrected chi connectivity index (χ3v) is 4.79. The van der Waals surface area contributed by atoms with Gasteiger partial charge in [0.15, 0.2) is 9.84 Å². The van der Waals surface area contributed by atoms with Gasteiger partial charge in [-0.2, -0.15) is 0 Å². The predicted molar refractivity (Wildman–Crippen MR) is 78.3 cm³/mol. The zero-order valence-electron chi connectivity index (χ0n) is 12.0. The Hall–Kier alpha value is -1.07. The van der Waals surface area contributed by atoms with E-state index in [1.807, 2.05) is 24.3 Å². The standard InChI is InChI=1S/C14H23NO3S/c1-5-10-18-13-8-6-12(7-9-13)14(15-3)11(2)19(4,16)17/h6-9,11,14-15H,5,10H2,1-4H3. The van der Waals surface area contributed by atoms with Gasteiger partial charge in [-0.05, 0) is 38.1 Å². The summed E-state index contributed by atoms with van der Waals surface area (Å²) >= 11 is 0. The number of ether oxygens (including phenoxy) is 1. The first kappa shape index (κ1) is 16.0. The minimum Gasteiger partial charge on any atom is -0.494 e. The number of hydrogen-bond acceptors (Lipinski definition) is 4. The maximum absolute atomic E-state index is 11.6. The average molecular weight is 285 g/mol. The molecule has 0 bridgehead atoms. The maximum Gasteiger partial charge on any atom is 0.151 e. The second-order valence-corrected chi connectivity index (χ2v) is 7.12. The fourth-order valence-electron chi connectivity index (χ4n) is 1.91. The highest BCUT2D eigenvalue weighted by atomic mass is 32.2. The first-order valence-corrected chi connectivity index (χ1v) is 8.44. The molecular formula is C14H23NO3S. The number of rotatable bonds is 7. The summed E-state index contributed by atoms with van der Waals surface area (Å²) in [6, 6.07) is 7.37. The molecule has 0 aliphatic rings. The monoisotopic (exact) mass is 285 g/mol. The van der Waals surface area contributed by atoms with Crippen molar-refractivity contribution in [2.45, 2.75) is 31.6 Å². The minimum absolute atomic E-state index is 0.213. The molecule has 0 spiro atoms. The quantitative estimate of drug-likeness (QED) is 0.834. The van der Waals surface area contributed by atoms with E-state index in [0.29, 0.717) is 6.61 Å². The van der Waals surface area contributed by atoms with Crippen LogP contribution >= 0.6 is 0 Å². The van der Waals surface area contributed by atoms with Crippen molar-refractivity contribution in [1.29, 1.82) is 0 Å². The third-order valence-electron chi connectivity index (χ3n) is 3.17. The molecule has 2 unspecified atom stereocenters. The molecule has 0 amide bonds. The highest BCUT2D eigenvalue weighted by Crippen LogP contribution is 2.23. The maximum atomic E-state index is 11.6. The van der Waals surface area contributed by atoms with E-state index in [0.717, 1.165) is 17.7 Å². The number of benzene rings is 1. The summed E-state index contributed by atoms with van der Waals surface area (Å²) in [7, 11) is -1.31. The van der Waals surface area contributed by atoms with E-state index < -0.39 is 15.1 Å². The lowest BCUT2D eigenvalue weighted by atomic mass is 10.0. The van der Waals surface area contributed by atoms with Crippen molar-refractivity contribution in [2.75, 3.05) is 19.9 Å². The predicted octanol–water partition coefficient (Wildman–Crippen LogP) is 2.17. The Balaban J connectivity index is 2.88. The molecule has 1 aromatic carbocycles. The Labute approximate surface area is 116 Å². The highest BCUT2D eigenvalue weighted by molar-refractivity contribution is 7.91. The minimum atomic E-state index is -3.08. The molecule has 0 aliphatic heterocycles. The Bertz CT molecular complexity index is 482. The zero-order valence-corrected chi connectivity index (χ0v) is 12.8. The van der Waals surface area contributed by atoms with Crippen LogP contribution < -0.4 is 10.1 Å². The summed E-state index contributed by atoms with van der Waals surface area (Å²) in [6.45, 7) is 4.46. The number of nitrogens with one attached hydrogen (secondary N) is 1. The lowest BCUT2D eigenvalue weighted by Crippen LogP contribution is -2.32. The molecule has 2 atom stereocenters. The molecule has 5 heteroatoms. The molecule has 0 heterocycles. The largest absolute Gasteiger partial charge is 0.494 e. The molecular weight excluding hydrogens is 262 g/mol. The molecule has 0 saturated heterocycles. The van der Waals surface area contributed by atoms with Crippen LogP contribution in [0.1, 0.15) is 31.9 Å². The molecule has 108 valence electrons. The summed E-state index contributed by atoms with van der Waals surface area (Å²) in [4.78, 5) is 0. The van der Waals surface area contributed by atoms with Gasteiger partial charge in [-0.25, -0.2) is 8.42 Å². The topological polar surface area (TPSA) is 55.4 Å². The van der Waals surface area contributed by atoms with Crippen LogP contribution in [0.2, 0.25) is 0 Å². The fraction of sp³-hybridized carbons (Fsp3) is 0.571. The van der Waals surface area contributed by atoms with Gasteiger partial charge in [0.1, 0.15) is 5.75 Å². The van der Waals surface area contributed by atoms with Crippen molar-refractivity contribution in [1.82, 2.24) is 5.32 Å². The molecule has 0 aromatic heterocycles. The Morgan fingerprint density at radius 3 is 2.26 bits per heavy atom. The number of hydrogen-bond donors (Lipinski definition) is 1. The lowest BCUT2D eigenvalue weighted by molar-refractivity contribution is 0.317. The Morgan fingerprint density at radius 1 is 1.26 bits per heavy atom. The van der Waals surface area contributed by atoms with E-state index in [-0.39, 0.29) is 6.04 Å². The van der Waals surface area contributed by atoms with Gasteiger partial charge in [-0.15, -0.1) is 0 Å². The second-order valence-electron chi connectivity index (χ2n) is 4.72. The van der Waals surface area contributed by atoms with E-state index in [9.17, 15) is 8.42 Å². The van der Waals surface area contributed by atoms with E-state index in [4.69, 9.17) is 4.74 Å². The smallest absolute Gasteiger partial charge is 0.151 e. The zero-order chi connectivity index (χ0) is 14.5. The van der Waals surface area contributed by atoms with Crippen LogP contribution in [-0.2, 0) is 9.84 Å². The highest BCUT2D eigenvalue weighted by Gasteiger charge is 2.25. The van der Waals surface area contributed by atoms with Crippen molar-refractivity contribution >= 4 is 9.84 Å². The van der Waals surface area contributed by atoms with Gasteiger partial charge >= 0.3 is 0 Å². The van der Waals surface area contributed by atoms with Gasteiger partial charge in [-0.1, -0.05) is 19.1 Å². The molecule has 1 N–H and O–H groups in total. The fourth-order valence-corrected chi connectivity index (χ4v) is 2.70. The van der Waals surface area contributed by atoms with Gasteiger partial charge in [0, 0.05) is 12.3 Å². The average Bonchev–Trinajstić information content (AvgIpc) is 2.37. The van der Waals surface area contributed by atoms with Crippen LogP contribution in [0.25, 0.3) is 0 Å². The molecule has 0 aliphatic carbocycles. The van der Waals surface area contributed by atoms with Gasteiger partial charge in [-0.3, -0.25) is 0 Å². The molecule has 1 aromatic rings. The summed E-state index contributed by atoms with van der Waals surface area (Å²) in [5, 5.41) is 2.60. The van der Waals surface area contributed by atoms with Crippen LogP contribution in [0.3, 0.4) is 0 Å². The Morgan fingerprint density at radius 2 is 1.84 bits per heavy atom. The lowest BCUT2D eigenvalue weighted by Gasteiger charge is -2.22.